The molecule has 64 valence electrons. The Morgan fingerprint density at radius 1 is 1.18 bits per heavy atom. The predicted molar refractivity (Wildman–Crippen MR) is 46.1 cm³/mol. The van der Waals surface area contributed by atoms with Gasteiger partial charge in [0.25, 0.3) is 0 Å². The maximum atomic E-state index is 5.88. The monoisotopic (exact) mass is 154 g/mol. The average Bonchev–Trinajstić information content (AvgIpc) is 2.37. The van der Waals surface area contributed by atoms with E-state index in [1.165, 1.54) is 38.5 Å². The fraction of sp³-hybridized carbons (Fsp3) is 1.00. The zero-order valence-corrected chi connectivity index (χ0v) is 7.10. The molecule has 2 heteroatoms. The predicted octanol–water partition coefficient (Wildman–Crippen LogP) is 1.21. The largest absolute Gasteiger partial charge is 0.316 e. The standard InChI is InChI=1S/C9H18N2/c10-8-7-9(5-6-11-8)3-1-2-4-9/h8,11H,1-7,10H2. The fourth-order valence-electron chi connectivity index (χ4n) is 2.74. The van der Waals surface area contributed by atoms with Crippen molar-refractivity contribution in [2.45, 2.75) is 44.7 Å². The second-order valence-corrected chi connectivity index (χ2v) is 4.22. The van der Waals surface area contributed by atoms with Crippen LogP contribution >= 0.6 is 0 Å². The molecule has 1 atom stereocenters. The van der Waals surface area contributed by atoms with Crippen LogP contribution in [0.25, 0.3) is 0 Å². The Kier molecular flexibility index (Phi) is 1.90. The van der Waals surface area contributed by atoms with Gasteiger partial charge in [-0.05, 0) is 37.6 Å². The van der Waals surface area contributed by atoms with Gasteiger partial charge in [0.2, 0.25) is 0 Å². The van der Waals surface area contributed by atoms with Gasteiger partial charge in [0.05, 0.1) is 6.17 Å². The van der Waals surface area contributed by atoms with Gasteiger partial charge in [-0.1, -0.05) is 12.8 Å². The lowest BCUT2D eigenvalue weighted by molar-refractivity contribution is 0.172. The number of nitrogens with one attached hydrogen (secondary N) is 1. The lowest BCUT2D eigenvalue weighted by Gasteiger charge is -2.37. The SMILES string of the molecule is NC1CC2(CCCC2)CCN1. The number of hydrogen-bond donors (Lipinski definition) is 2. The van der Waals surface area contributed by atoms with Gasteiger partial charge >= 0.3 is 0 Å². The van der Waals surface area contributed by atoms with Crippen molar-refractivity contribution in [2.75, 3.05) is 6.54 Å². The van der Waals surface area contributed by atoms with Gasteiger partial charge in [0.1, 0.15) is 0 Å². The van der Waals surface area contributed by atoms with Gasteiger partial charge in [0, 0.05) is 0 Å². The second-order valence-electron chi connectivity index (χ2n) is 4.22. The first-order chi connectivity index (χ1) is 5.31. The summed E-state index contributed by atoms with van der Waals surface area (Å²) in [6.45, 7) is 1.14. The molecule has 0 bridgehead atoms. The highest BCUT2D eigenvalue weighted by Gasteiger charge is 2.37. The summed E-state index contributed by atoms with van der Waals surface area (Å²) in [5.74, 6) is 0. The van der Waals surface area contributed by atoms with Crippen molar-refractivity contribution in [1.29, 1.82) is 0 Å². The first-order valence-electron chi connectivity index (χ1n) is 4.80. The summed E-state index contributed by atoms with van der Waals surface area (Å²) >= 11 is 0. The number of hydrogen-bond acceptors (Lipinski definition) is 2. The lowest BCUT2D eigenvalue weighted by atomic mass is 9.76. The van der Waals surface area contributed by atoms with Crippen molar-refractivity contribution in [3.8, 4) is 0 Å². The molecule has 1 spiro atoms. The molecule has 0 aromatic heterocycles. The molecule has 2 rings (SSSR count). The Morgan fingerprint density at radius 2 is 1.91 bits per heavy atom. The van der Waals surface area contributed by atoms with E-state index in [0.29, 0.717) is 5.41 Å². The third-order valence-electron chi connectivity index (χ3n) is 3.38. The van der Waals surface area contributed by atoms with Crippen LogP contribution in [-0.4, -0.2) is 12.7 Å². The van der Waals surface area contributed by atoms with Crippen LogP contribution < -0.4 is 11.1 Å². The molecule has 3 N–H and O–H groups in total. The summed E-state index contributed by atoms with van der Waals surface area (Å²) < 4.78 is 0. The van der Waals surface area contributed by atoms with Crippen LogP contribution in [0.1, 0.15) is 38.5 Å². The molecule has 1 saturated heterocycles. The normalized spacial score (nSPS) is 36.3. The van der Waals surface area contributed by atoms with Gasteiger partial charge in [-0.15, -0.1) is 0 Å². The third-order valence-corrected chi connectivity index (χ3v) is 3.38. The fourth-order valence-corrected chi connectivity index (χ4v) is 2.74. The Morgan fingerprint density at radius 3 is 2.55 bits per heavy atom. The van der Waals surface area contributed by atoms with E-state index >= 15 is 0 Å². The zero-order chi connectivity index (χ0) is 7.73. The zero-order valence-electron chi connectivity index (χ0n) is 7.10. The van der Waals surface area contributed by atoms with Crippen LogP contribution in [0.15, 0.2) is 0 Å². The molecule has 0 radical (unpaired) electrons. The molecule has 0 aromatic carbocycles. The molecule has 11 heavy (non-hydrogen) atoms. The Labute approximate surface area is 68.5 Å². The second kappa shape index (κ2) is 2.76. The van der Waals surface area contributed by atoms with Crippen molar-refractivity contribution in [2.24, 2.45) is 11.1 Å². The molecule has 1 heterocycles. The number of rotatable bonds is 0. The van der Waals surface area contributed by atoms with E-state index in [9.17, 15) is 0 Å². The van der Waals surface area contributed by atoms with E-state index in [-0.39, 0.29) is 6.17 Å². The summed E-state index contributed by atoms with van der Waals surface area (Å²) in [6.07, 6.45) is 8.60. The molecule has 0 aromatic rings. The Bertz CT molecular complexity index is 138. The molecule has 1 aliphatic carbocycles. The maximum absolute atomic E-state index is 5.88. The van der Waals surface area contributed by atoms with Crippen LogP contribution in [0.5, 0.6) is 0 Å². The summed E-state index contributed by atoms with van der Waals surface area (Å²) in [4.78, 5) is 0. The third kappa shape index (κ3) is 1.42. The van der Waals surface area contributed by atoms with Crippen LogP contribution in [0.4, 0.5) is 0 Å². The molecular weight excluding hydrogens is 136 g/mol. The average molecular weight is 154 g/mol. The topological polar surface area (TPSA) is 38.0 Å². The Hall–Kier alpha value is -0.0800. The number of nitrogens with two attached hydrogens (primary N) is 1. The van der Waals surface area contributed by atoms with E-state index < -0.39 is 0 Å². The van der Waals surface area contributed by atoms with Gasteiger partial charge in [-0.2, -0.15) is 0 Å². The van der Waals surface area contributed by atoms with Crippen LogP contribution in [0.2, 0.25) is 0 Å². The minimum atomic E-state index is 0.279. The Balaban J connectivity index is 2.00. The highest BCUT2D eigenvalue weighted by molar-refractivity contribution is 4.90. The van der Waals surface area contributed by atoms with E-state index in [4.69, 9.17) is 5.73 Å². The summed E-state index contributed by atoms with van der Waals surface area (Å²) in [5, 5.41) is 3.31. The van der Waals surface area contributed by atoms with Crippen molar-refractivity contribution < 1.29 is 0 Å². The molecule has 0 amide bonds. The summed E-state index contributed by atoms with van der Waals surface area (Å²) in [6, 6.07) is 0. The highest BCUT2D eigenvalue weighted by atomic mass is 15.0. The first-order valence-corrected chi connectivity index (χ1v) is 4.80. The molecular formula is C9H18N2. The quantitative estimate of drug-likeness (QED) is 0.550. The van der Waals surface area contributed by atoms with E-state index in [2.05, 4.69) is 5.32 Å². The molecule has 2 nitrogen and oxygen atoms in total. The van der Waals surface area contributed by atoms with E-state index in [1.807, 2.05) is 0 Å². The highest BCUT2D eigenvalue weighted by Crippen LogP contribution is 2.45. The van der Waals surface area contributed by atoms with Crippen molar-refractivity contribution in [1.82, 2.24) is 5.32 Å². The van der Waals surface area contributed by atoms with Crippen LogP contribution in [0.3, 0.4) is 0 Å². The van der Waals surface area contributed by atoms with Crippen molar-refractivity contribution in [3.63, 3.8) is 0 Å². The van der Waals surface area contributed by atoms with Gasteiger partial charge < -0.3 is 11.1 Å². The number of piperidine rings is 1. The molecule has 1 saturated carbocycles. The molecule has 1 aliphatic heterocycles. The van der Waals surface area contributed by atoms with Gasteiger partial charge in [-0.3, -0.25) is 0 Å². The molecule has 2 fully saturated rings. The summed E-state index contributed by atoms with van der Waals surface area (Å²) in [5.41, 5.74) is 6.54. The maximum Gasteiger partial charge on any atom is 0.0551 e. The smallest absolute Gasteiger partial charge is 0.0551 e. The van der Waals surface area contributed by atoms with Crippen LogP contribution in [0, 0.1) is 5.41 Å². The minimum Gasteiger partial charge on any atom is -0.316 e. The van der Waals surface area contributed by atoms with Crippen LogP contribution in [-0.2, 0) is 0 Å². The minimum absolute atomic E-state index is 0.279. The van der Waals surface area contributed by atoms with Gasteiger partial charge in [0.15, 0.2) is 0 Å². The van der Waals surface area contributed by atoms with Crippen molar-refractivity contribution in [3.05, 3.63) is 0 Å². The van der Waals surface area contributed by atoms with E-state index in [1.54, 1.807) is 0 Å². The molecule has 1 unspecified atom stereocenters. The van der Waals surface area contributed by atoms with Crippen molar-refractivity contribution >= 4 is 0 Å². The first kappa shape index (κ1) is 7.56. The van der Waals surface area contributed by atoms with E-state index in [0.717, 1.165) is 6.54 Å². The molecule has 2 aliphatic rings. The summed E-state index contributed by atoms with van der Waals surface area (Å²) in [7, 11) is 0. The lowest BCUT2D eigenvalue weighted by Crippen LogP contribution is -2.47. The van der Waals surface area contributed by atoms with Gasteiger partial charge in [-0.25, -0.2) is 0 Å².